The molecule has 6 nitrogen and oxygen atoms in total. The predicted molar refractivity (Wildman–Crippen MR) is 130 cm³/mol. The first-order chi connectivity index (χ1) is 14.4. The molecule has 1 N–H and O–H groups in total. The zero-order chi connectivity index (χ0) is 21.3. The average Bonchev–Trinajstić information content (AvgIpc) is 3.22. The van der Waals surface area contributed by atoms with E-state index in [2.05, 4.69) is 5.32 Å². The van der Waals surface area contributed by atoms with Crippen LogP contribution in [0.2, 0.25) is 0 Å². The average molecular weight is 455 g/mol. The topological polar surface area (TPSA) is 59.3 Å². The van der Waals surface area contributed by atoms with Gasteiger partial charge >= 0.3 is 0 Å². The fourth-order valence-electron chi connectivity index (χ4n) is 3.19. The van der Waals surface area contributed by atoms with Crippen LogP contribution in [0.15, 0.2) is 70.0 Å². The molecule has 4 rings (SSSR count). The molecule has 0 amide bonds. The van der Waals surface area contributed by atoms with Crippen molar-refractivity contribution in [3.63, 3.8) is 0 Å². The molecule has 0 atom stereocenters. The summed E-state index contributed by atoms with van der Waals surface area (Å²) in [5, 5.41) is 3.56. The van der Waals surface area contributed by atoms with Crippen molar-refractivity contribution in [1.82, 2.24) is 14.3 Å². The molecule has 0 saturated carbocycles. The number of carbonyl (C=O) groups is 1. The van der Waals surface area contributed by atoms with E-state index in [1.807, 2.05) is 48.2 Å². The van der Waals surface area contributed by atoms with Crippen molar-refractivity contribution < 1.29 is 4.79 Å². The summed E-state index contributed by atoms with van der Waals surface area (Å²) in [5.74, 6) is 0.0755. The van der Waals surface area contributed by atoms with Crippen LogP contribution in [-0.2, 0) is 4.79 Å². The Morgan fingerprint density at radius 1 is 1.20 bits per heavy atom. The van der Waals surface area contributed by atoms with E-state index in [1.165, 1.54) is 16.4 Å². The van der Waals surface area contributed by atoms with Crippen LogP contribution < -0.4 is 10.9 Å². The molecule has 1 fully saturated rings. The van der Waals surface area contributed by atoms with Crippen molar-refractivity contribution in [2.24, 2.45) is 0 Å². The molecular weight excluding hydrogens is 436 g/mol. The van der Waals surface area contributed by atoms with Gasteiger partial charge in [-0.1, -0.05) is 48.3 Å². The number of benzene rings is 1. The molecule has 0 unspecified atom stereocenters. The first-order valence-corrected chi connectivity index (χ1v) is 10.8. The van der Waals surface area contributed by atoms with Gasteiger partial charge in [0, 0.05) is 40.7 Å². The third kappa shape index (κ3) is 4.23. The van der Waals surface area contributed by atoms with Gasteiger partial charge in [0.1, 0.15) is 4.32 Å². The number of thiocarbonyl (C=S) groups is 2. The van der Waals surface area contributed by atoms with Gasteiger partial charge in [0.15, 0.2) is 10.9 Å². The van der Waals surface area contributed by atoms with Crippen LogP contribution in [0.1, 0.15) is 12.1 Å². The summed E-state index contributed by atoms with van der Waals surface area (Å²) in [6.45, 7) is 2.37. The Hall–Kier alpha value is -2.75. The van der Waals surface area contributed by atoms with E-state index in [1.54, 1.807) is 29.1 Å². The number of nitrogens with zero attached hydrogens (tertiary/aromatic N) is 3. The van der Waals surface area contributed by atoms with Crippen molar-refractivity contribution in [2.75, 3.05) is 11.9 Å². The highest BCUT2D eigenvalue weighted by molar-refractivity contribution is 8.25. The lowest BCUT2D eigenvalue weighted by Gasteiger charge is -2.19. The van der Waals surface area contributed by atoms with E-state index in [0.717, 1.165) is 22.0 Å². The number of aromatic nitrogens is 2. The second kappa shape index (κ2) is 8.55. The van der Waals surface area contributed by atoms with Crippen LogP contribution in [0.3, 0.4) is 0 Å². The summed E-state index contributed by atoms with van der Waals surface area (Å²) in [6.07, 6.45) is 7.35. The molecular formula is C21H18N4O2S3. The summed E-state index contributed by atoms with van der Waals surface area (Å²) in [4.78, 5) is 26.9. The van der Waals surface area contributed by atoms with Crippen molar-refractivity contribution >= 4 is 63.3 Å². The van der Waals surface area contributed by atoms with Gasteiger partial charge in [0.05, 0.1) is 6.54 Å². The zero-order valence-electron chi connectivity index (χ0n) is 16.1. The monoisotopic (exact) mass is 454 g/mol. The van der Waals surface area contributed by atoms with Gasteiger partial charge in [-0.15, -0.1) is 0 Å². The molecule has 1 aromatic heterocycles. The van der Waals surface area contributed by atoms with Gasteiger partial charge in [0.2, 0.25) is 0 Å². The highest BCUT2D eigenvalue weighted by Crippen LogP contribution is 2.33. The maximum atomic E-state index is 12.6. The molecule has 0 radical (unpaired) electrons. The van der Waals surface area contributed by atoms with E-state index in [9.17, 15) is 9.59 Å². The molecule has 2 aromatic rings. The molecule has 30 heavy (non-hydrogen) atoms. The van der Waals surface area contributed by atoms with Gasteiger partial charge in [-0.2, -0.15) is 0 Å². The van der Waals surface area contributed by atoms with E-state index in [-0.39, 0.29) is 11.3 Å². The zero-order valence-corrected chi connectivity index (χ0v) is 18.5. The first-order valence-electron chi connectivity index (χ1n) is 9.21. The number of rotatable bonds is 3. The molecule has 1 aliphatic heterocycles. The Morgan fingerprint density at radius 3 is 2.67 bits per heavy atom. The third-order valence-corrected chi connectivity index (χ3v) is 6.25. The maximum absolute atomic E-state index is 12.6. The van der Waals surface area contributed by atoms with E-state index < -0.39 is 0 Å². The van der Waals surface area contributed by atoms with E-state index in [4.69, 9.17) is 24.4 Å². The third-order valence-electron chi connectivity index (χ3n) is 4.61. The number of hydrogen-bond acceptors (Lipinski definition) is 5. The lowest BCUT2D eigenvalue weighted by atomic mass is 10.1. The maximum Gasteiger partial charge on any atom is 0.271 e. The van der Waals surface area contributed by atoms with Gasteiger partial charge in [0.25, 0.3) is 5.56 Å². The molecule has 1 saturated heterocycles. The largest absolute Gasteiger partial charge is 0.331 e. The number of allylic oxidation sites excluding steroid dienone is 3. The van der Waals surface area contributed by atoms with Crippen molar-refractivity contribution in [2.45, 2.75) is 13.3 Å². The number of nitrogens with one attached hydrogen (secondary N) is 1. The predicted octanol–water partition coefficient (Wildman–Crippen LogP) is 3.75. The number of thioether (sulfide) groups is 1. The summed E-state index contributed by atoms with van der Waals surface area (Å²) in [5.41, 5.74) is 2.29. The summed E-state index contributed by atoms with van der Waals surface area (Å²) in [6, 6.07) is 11.1. The van der Waals surface area contributed by atoms with Crippen molar-refractivity contribution in [1.29, 1.82) is 0 Å². The minimum Gasteiger partial charge on any atom is -0.331 e. The number of anilines is 1. The Morgan fingerprint density at radius 2 is 1.97 bits per heavy atom. The molecule has 9 heteroatoms. The second-order valence-electron chi connectivity index (χ2n) is 6.76. The number of aryl methyl sites for hydroxylation is 1. The van der Waals surface area contributed by atoms with Crippen LogP contribution >= 0.6 is 36.2 Å². The molecule has 0 spiro atoms. The van der Waals surface area contributed by atoms with Crippen LogP contribution in [0, 0.1) is 6.92 Å². The van der Waals surface area contributed by atoms with Gasteiger partial charge in [-0.05, 0) is 43.4 Å². The standard InChI is InChI=1S/C21H18N4O2S3/c1-14-11-19(27)24(25(14)20(28)22-15-5-3-2-4-6-15)13-18-12-23(21(29)30-18)16-7-9-17(26)10-8-16/h2-9,11,13H,10,12H2,1H3,(H,22,28)/b18-13-. The lowest BCUT2D eigenvalue weighted by Crippen LogP contribution is -2.29. The molecule has 152 valence electrons. The number of hydrogen-bond donors (Lipinski definition) is 1. The Labute approximate surface area is 188 Å². The second-order valence-corrected chi connectivity index (χ2v) is 8.91. The van der Waals surface area contributed by atoms with Gasteiger partial charge in [-0.3, -0.25) is 9.59 Å². The summed E-state index contributed by atoms with van der Waals surface area (Å²) in [7, 11) is 0. The molecule has 0 bridgehead atoms. The van der Waals surface area contributed by atoms with Crippen molar-refractivity contribution in [3.05, 3.63) is 81.3 Å². The minimum absolute atomic E-state index is 0.0755. The highest BCUT2D eigenvalue weighted by Gasteiger charge is 2.26. The van der Waals surface area contributed by atoms with Gasteiger partial charge < -0.3 is 10.2 Å². The fourth-order valence-corrected chi connectivity index (χ4v) is 4.88. The SMILES string of the molecule is Cc1cc(=O)n(/C=C2/CN(C3=CCC(=O)C=C3)C(=S)S2)n1C(=S)Nc1ccccc1. The molecule has 1 aliphatic carbocycles. The van der Waals surface area contributed by atoms with Crippen molar-refractivity contribution in [3.8, 4) is 0 Å². The van der Waals surface area contributed by atoms with E-state index >= 15 is 0 Å². The molecule has 2 heterocycles. The van der Waals surface area contributed by atoms with Crippen LogP contribution in [-0.4, -0.2) is 36.0 Å². The Kier molecular flexibility index (Phi) is 5.85. The molecule has 2 aliphatic rings. The highest BCUT2D eigenvalue weighted by atomic mass is 32.2. The smallest absolute Gasteiger partial charge is 0.271 e. The normalized spacial score (nSPS) is 17.6. The van der Waals surface area contributed by atoms with E-state index in [0.29, 0.717) is 22.4 Å². The summed E-state index contributed by atoms with van der Waals surface area (Å²) < 4.78 is 3.85. The van der Waals surface area contributed by atoms with Crippen LogP contribution in [0.5, 0.6) is 0 Å². The Balaban J connectivity index is 1.61. The fraction of sp³-hybridized carbons (Fsp3) is 0.143. The lowest BCUT2D eigenvalue weighted by molar-refractivity contribution is -0.113. The Bertz CT molecular complexity index is 1190. The quantitative estimate of drug-likeness (QED) is 0.709. The number of ketones is 1. The number of para-hydroxylation sites is 1. The van der Waals surface area contributed by atoms with Crippen LogP contribution in [0.4, 0.5) is 5.69 Å². The summed E-state index contributed by atoms with van der Waals surface area (Å²) >= 11 is 12.5. The first kappa shape index (κ1) is 20.5. The number of carbonyl (C=O) groups excluding carboxylic acids is 1. The minimum atomic E-state index is -0.176. The van der Waals surface area contributed by atoms with Gasteiger partial charge in [-0.25, -0.2) is 9.36 Å². The molecule has 1 aromatic carbocycles. The van der Waals surface area contributed by atoms with Crippen LogP contribution in [0.25, 0.3) is 6.20 Å².